The summed E-state index contributed by atoms with van der Waals surface area (Å²) < 4.78 is 45.5. The van der Waals surface area contributed by atoms with Crippen molar-refractivity contribution in [2.75, 3.05) is 26.2 Å². The van der Waals surface area contributed by atoms with Crippen LogP contribution in [0.25, 0.3) is 22.2 Å². The first kappa shape index (κ1) is 26.8. The molecule has 4 N–H and O–H groups in total. The Morgan fingerprint density at radius 2 is 1.92 bits per heavy atom. The van der Waals surface area contributed by atoms with Crippen molar-refractivity contribution in [2.24, 2.45) is 18.5 Å². The van der Waals surface area contributed by atoms with Crippen molar-refractivity contribution in [1.82, 2.24) is 19.0 Å². The lowest BCUT2D eigenvalue weighted by molar-refractivity contribution is -0.325. The average Bonchev–Trinajstić information content (AvgIpc) is 3.23. The summed E-state index contributed by atoms with van der Waals surface area (Å²) >= 11 is 0. The molecular formula is C25H31F3N6O3. The van der Waals surface area contributed by atoms with E-state index in [1.165, 1.54) is 4.57 Å². The summed E-state index contributed by atoms with van der Waals surface area (Å²) in [7, 11) is 1.67. The molecule has 3 heterocycles. The van der Waals surface area contributed by atoms with Crippen molar-refractivity contribution < 1.29 is 22.7 Å². The SMILES string of the molecule is Cc1cc(-c2ccc3nc(C4CCN(C(=O)[C@@H](N)CN)CC4)n(CCOC(F)(F)F)c3c2)cn(C)c1=O. The number of benzene rings is 1. The molecule has 1 saturated heterocycles. The second kappa shape index (κ2) is 10.6. The maximum atomic E-state index is 12.7. The predicted molar refractivity (Wildman–Crippen MR) is 133 cm³/mol. The number of carbonyl (C=O) groups is 1. The number of likely N-dealkylation sites (tertiary alicyclic amines) is 1. The first-order valence-corrected chi connectivity index (χ1v) is 12.1. The fraction of sp³-hybridized carbons (Fsp3) is 0.480. The smallest absolute Gasteiger partial charge is 0.341 e. The van der Waals surface area contributed by atoms with Gasteiger partial charge in [0.2, 0.25) is 5.91 Å². The maximum absolute atomic E-state index is 12.7. The highest BCUT2D eigenvalue weighted by Gasteiger charge is 2.31. The number of fused-ring (bicyclic) bond motifs is 1. The molecular weight excluding hydrogens is 489 g/mol. The number of nitrogens with zero attached hydrogens (tertiary/aromatic N) is 4. The third-order valence-corrected chi connectivity index (χ3v) is 6.80. The Balaban J connectivity index is 1.68. The van der Waals surface area contributed by atoms with Gasteiger partial charge in [-0.25, -0.2) is 4.98 Å². The lowest BCUT2D eigenvalue weighted by atomic mass is 9.95. The number of pyridine rings is 1. The van der Waals surface area contributed by atoms with Crippen molar-refractivity contribution in [1.29, 1.82) is 0 Å². The number of imidazole rings is 1. The number of nitrogens with two attached hydrogens (primary N) is 2. The molecule has 200 valence electrons. The van der Waals surface area contributed by atoms with Gasteiger partial charge in [0.1, 0.15) is 5.82 Å². The average molecular weight is 521 g/mol. The van der Waals surface area contributed by atoms with Gasteiger partial charge in [0.15, 0.2) is 0 Å². The van der Waals surface area contributed by atoms with Crippen LogP contribution < -0.4 is 17.0 Å². The number of amides is 1. The lowest BCUT2D eigenvalue weighted by Gasteiger charge is -2.33. The third-order valence-electron chi connectivity index (χ3n) is 6.80. The highest BCUT2D eigenvalue weighted by atomic mass is 19.4. The standard InChI is InChI=1S/C25H31F3N6O3/c1-15-11-18(14-32(2)23(15)35)17-3-4-20-21(12-17)34(9-10-37-25(26,27)28)22(31-20)16-5-7-33(8-6-16)24(36)19(30)13-29/h3-4,11-12,14,16,19H,5-10,13,29-30H2,1-2H3/t19-/m0/s1. The van der Waals surface area contributed by atoms with Crippen molar-refractivity contribution in [3.05, 3.63) is 52.2 Å². The molecule has 1 aliphatic heterocycles. The highest BCUT2D eigenvalue weighted by Crippen LogP contribution is 2.32. The van der Waals surface area contributed by atoms with Crippen LogP contribution in [0.4, 0.5) is 13.2 Å². The fourth-order valence-corrected chi connectivity index (χ4v) is 4.85. The summed E-state index contributed by atoms with van der Waals surface area (Å²) in [5, 5.41) is 0. The second-order valence-electron chi connectivity index (χ2n) is 9.39. The van der Waals surface area contributed by atoms with Crippen LogP contribution in [-0.4, -0.2) is 63.6 Å². The molecule has 12 heteroatoms. The quantitative estimate of drug-likeness (QED) is 0.493. The number of hydrogen-bond donors (Lipinski definition) is 2. The van der Waals surface area contributed by atoms with Gasteiger partial charge in [0.05, 0.1) is 23.7 Å². The van der Waals surface area contributed by atoms with E-state index in [2.05, 4.69) is 4.74 Å². The Morgan fingerprint density at radius 1 is 1.22 bits per heavy atom. The van der Waals surface area contributed by atoms with Crippen molar-refractivity contribution in [3.8, 4) is 11.1 Å². The van der Waals surface area contributed by atoms with Crippen LogP contribution in [0.3, 0.4) is 0 Å². The number of carbonyl (C=O) groups excluding carboxylic acids is 1. The van der Waals surface area contributed by atoms with Gasteiger partial charge < -0.3 is 25.5 Å². The summed E-state index contributed by atoms with van der Waals surface area (Å²) in [6.07, 6.45) is -1.82. The maximum Gasteiger partial charge on any atom is 0.522 e. The molecule has 2 aromatic heterocycles. The first-order valence-electron chi connectivity index (χ1n) is 12.1. The summed E-state index contributed by atoms with van der Waals surface area (Å²) in [5.41, 5.74) is 14.7. The Labute approximate surface area is 211 Å². The van der Waals surface area contributed by atoms with Crippen molar-refractivity contribution >= 4 is 16.9 Å². The van der Waals surface area contributed by atoms with Crippen LogP contribution in [0.5, 0.6) is 0 Å². The van der Waals surface area contributed by atoms with Gasteiger partial charge in [0, 0.05) is 50.9 Å². The monoisotopic (exact) mass is 520 g/mol. The molecule has 4 rings (SSSR count). The minimum absolute atomic E-state index is 0.0434. The topological polar surface area (TPSA) is 121 Å². The van der Waals surface area contributed by atoms with E-state index < -0.39 is 19.0 Å². The lowest BCUT2D eigenvalue weighted by Crippen LogP contribution is -2.50. The molecule has 0 radical (unpaired) electrons. The number of alkyl halides is 3. The third kappa shape index (κ3) is 5.86. The molecule has 3 aromatic rings. The molecule has 0 aliphatic carbocycles. The van der Waals surface area contributed by atoms with E-state index >= 15 is 0 Å². The van der Waals surface area contributed by atoms with Crippen LogP contribution in [0.15, 0.2) is 35.3 Å². The molecule has 9 nitrogen and oxygen atoms in total. The van der Waals surface area contributed by atoms with Gasteiger partial charge in [-0.1, -0.05) is 6.07 Å². The Hall–Kier alpha value is -3.22. The van der Waals surface area contributed by atoms with E-state index in [0.717, 1.165) is 11.1 Å². The number of halogens is 3. The van der Waals surface area contributed by atoms with Crippen molar-refractivity contribution in [2.45, 2.75) is 44.6 Å². The van der Waals surface area contributed by atoms with Gasteiger partial charge >= 0.3 is 6.36 Å². The number of ether oxygens (including phenoxy) is 1. The van der Waals surface area contributed by atoms with E-state index in [0.29, 0.717) is 48.4 Å². The molecule has 0 spiro atoms. The zero-order valence-corrected chi connectivity index (χ0v) is 20.8. The van der Waals surface area contributed by atoms with E-state index in [9.17, 15) is 22.8 Å². The Kier molecular flexibility index (Phi) is 7.72. The summed E-state index contributed by atoms with van der Waals surface area (Å²) in [6, 6.07) is 6.62. The highest BCUT2D eigenvalue weighted by molar-refractivity contribution is 5.83. The number of rotatable bonds is 7. The molecule has 37 heavy (non-hydrogen) atoms. The molecule has 1 aromatic carbocycles. The Bertz CT molecular complexity index is 1320. The van der Waals surface area contributed by atoms with Gasteiger partial charge in [-0.2, -0.15) is 0 Å². The summed E-state index contributed by atoms with van der Waals surface area (Å²) in [6.45, 7) is 2.11. The predicted octanol–water partition coefficient (Wildman–Crippen LogP) is 2.24. The van der Waals surface area contributed by atoms with E-state index in [4.69, 9.17) is 16.5 Å². The molecule has 1 fully saturated rings. The second-order valence-corrected chi connectivity index (χ2v) is 9.39. The number of aryl methyl sites for hydroxylation is 2. The van der Waals surface area contributed by atoms with E-state index in [-0.39, 0.29) is 30.5 Å². The summed E-state index contributed by atoms with van der Waals surface area (Å²) in [4.78, 5) is 31.0. The van der Waals surface area contributed by atoms with Gasteiger partial charge in [-0.3, -0.25) is 14.3 Å². The normalized spacial score (nSPS) is 15.9. The largest absolute Gasteiger partial charge is 0.522 e. The summed E-state index contributed by atoms with van der Waals surface area (Å²) in [5.74, 6) is 0.398. The van der Waals surface area contributed by atoms with Gasteiger partial charge in [-0.15, -0.1) is 13.2 Å². The van der Waals surface area contributed by atoms with Crippen LogP contribution in [0.1, 0.15) is 30.1 Å². The van der Waals surface area contributed by atoms with Crippen molar-refractivity contribution in [3.63, 3.8) is 0 Å². The molecule has 0 unspecified atom stereocenters. The van der Waals surface area contributed by atoms with E-state index in [1.807, 2.05) is 18.2 Å². The molecule has 1 aliphatic rings. The van der Waals surface area contributed by atoms with Crippen LogP contribution in [0, 0.1) is 6.92 Å². The van der Waals surface area contributed by atoms with Gasteiger partial charge in [0.25, 0.3) is 5.56 Å². The minimum Gasteiger partial charge on any atom is -0.341 e. The Morgan fingerprint density at radius 3 is 2.54 bits per heavy atom. The van der Waals surface area contributed by atoms with E-state index in [1.54, 1.807) is 35.7 Å². The number of hydrogen-bond acceptors (Lipinski definition) is 6. The number of piperidine rings is 1. The molecule has 0 saturated carbocycles. The minimum atomic E-state index is -4.73. The van der Waals surface area contributed by atoms with Crippen LogP contribution in [-0.2, 0) is 23.1 Å². The molecule has 1 amide bonds. The molecule has 1 atom stereocenters. The molecule has 0 bridgehead atoms. The van der Waals surface area contributed by atoms with Crippen LogP contribution >= 0.6 is 0 Å². The fourth-order valence-electron chi connectivity index (χ4n) is 4.85. The zero-order chi connectivity index (χ0) is 26.9. The van der Waals surface area contributed by atoms with Crippen LogP contribution in [0.2, 0.25) is 0 Å². The first-order chi connectivity index (χ1) is 17.5. The zero-order valence-electron chi connectivity index (χ0n) is 20.8. The number of aromatic nitrogens is 3. The van der Waals surface area contributed by atoms with Gasteiger partial charge in [-0.05, 0) is 49.1 Å².